The molecule has 0 fully saturated rings. The number of amides is 1. The second-order valence-electron chi connectivity index (χ2n) is 7.47. The Hall–Kier alpha value is -2.66. The number of rotatable bonds is 3. The van der Waals surface area contributed by atoms with Crippen LogP contribution in [0.15, 0.2) is 42.7 Å². The molecule has 0 aliphatic carbocycles. The first-order valence-electron chi connectivity index (χ1n) is 8.37. The van der Waals surface area contributed by atoms with Crippen LogP contribution in [0.5, 0.6) is 0 Å². The van der Waals surface area contributed by atoms with Gasteiger partial charge in [0.15, 0.2) is 0 Å². The summed E-state index contributed by atoms with van der Waals surface area (Å²) in [6.07, 6.45) is 3.76. The zero-order valence-corrected chi connectivity index (χ0v) is 15.1. The van der Waals surface area contributed by atoms with Crippen LogP contribution in [0.2, 0.25) is 0 Å². The molecule has 3 aromatic rings. The third-order valence-corrected chi connectivity index (χ3v) is 4.43. The topological polar surface area (TPSA) is 83.8 Å². The summed E-state index contributed by atoms with van der Waals surface area (Å²) in [5.74, 6) is -0.173. The second-order valence-corrected chi connectivity index (χ2v) is 7.47. The van der Waals surface area contributed by atoms with Crippen LogP contribution in [-0.2, 0) is 4.79 Å². The zero-order chi connectivity index (χ0) is 18.2. The lowest BCUT2D eigenvalue weighted by molar-refractivity contribution is -0.119. The van der Waals surface area contributed by atoms with E-state index in [9.17, 15) is 4.79 Å². The van der Waals surface area contributed by atoms with Gasteiger partial charge in [0.2, 0.25) is 5.91 Å². The van der Waals surface area contributed by atoms with Crippen molar-refractivity contribution in [1.82, 2.24) is 9.97 Å². The van der Waals surface area contributed by atoms with Gasteiger partial charge in [0, 0.05) is 23.5 Å². The molecule has 0 unspecified atom stereocenters. The lowest BCUT2D eigenvalue weighted by atomic mass is 9.87. The Morgan fingerprint density at radius 2 is 1.88 bits per heavy atom. The third-order valence-electron chi connectivity index (χ3n) is 4.43. The van der Waals surface area contributed by atoms with Crippen LogP contribution in [0.25, 0.3) is 22.2 Å². The molecular formula is C20H24N4O. The lowest BCUT2D eigenvalue weighted by Crippen LogP contribution is -2.45. The van der Waals surface area contributed by atoms with Gasteiger partial charge in [0.05, 0.1) is 6.04 Å². The van der Waals surface area contributed by atoms with Crippen LogP contribution in [0.3, 0.4) is 0 Å². The maximum Gasteiger partial charge on any atom is 0.241 e. The van der Waals surface area contributed by atoms with Gasteiger partial charge in [-0.1, -0.05) is 32.9 Å². The first-order chi connectivity index (χ1) is 11.8. The third kappa shape index (κ3) is 3.42. The smallest absolute Gasteiger partial charge is 0.241 e. The minimum absolute atomic E-state index is 0.173. The van der Waals surface area contributed by atoms with Gasteiger partial charge in [-0.25, -0.2) is 4.98 Å². The Balaban J connectivity index is 1.87. The molecule has 0 radical (unpaired) electrons. The highest BCUT2D eigenvalue weighted by Gasteiger charge is 2.27. The van der Waals surface area contributed by atoms with Crippen molar-refractivity contribution in [3.8, 4) is 11.1 Å². The predicted octanol–water partition coefficient (Wildman–Crippen LogP) is 3.85. The van der Waals surface area contributed by atoms with Gasteiger partial charge in [-0.2, -0.15) is 0 Å². The Morgan fingerprint density at radius 3 is 2.52 bits per heavy atom. The van der Waals surface area contributed by atoms with E-state index in [2.05, 4.69) is 15.3 Å². The number of anilines is 1. The van der Waals surface area contributed by atoms with Gasteiger partial charge in [-0.15, -0.1) is 0 Å². The monoisotopic (exact) mass is 336 g/mol. The fourth-order valence-electron chi connectivity index (χ4n) is 2.82. The summed E-state index contributed by atoms with van der Waals surface area (Å²) in [4.78, 5) is 19.8. The van der Waals surface area contributed by atoms with Gasteiger partial charge < -0.3 is 16.0 Å². The predicted molar refractivity (Wildman–Crippen MR) is 102 cm³/mol. The lowest BCUT2D eigenvalue weighted by Gasteiger charge is -2.25. The largest absolute Gasteiger partial charge is 0.346 e. The molecule has 1 aromatic carbocycles. The molecule has 25 heavy (non-hydrogen) atoms. The number of benzene rings is 1. The molecule has 0 saturated carbocycles. The van der Waals surface area contributed by atoms with Crippen LogP contribution < -0.4 is 11.1 Å². The number of nitrogens with zero attached hydrogens (tertiary/aromatic N) is 1. The van der Waals surface area contributed by atoms with Crippen molar-refractivity contribution in [3.63, 3.8) is 0 Å². The van der Waals surface area contributed by atoms with E-state index < -0.39 is 6.04 Å². The fourth-order valence-corrected chi connectivity index (χ4v) is 2.82. The molecule has 5 nitrogen and oxygen atoms in total. The Morgan fingerprint density at radius 1 is 1.20 bits per heavy atom. The van der Waals surface area contributed by atoms with Crippen molar-refractivity contribution < 1.29 is 4.79 Å². The number of aromatic nitrogens is 2. The molecule has 2 aromatic heterocycles. The first-order valence-corrected chi connectivity index (χ1v) is 8.37. The number of H-pyrrole nitrogens is 1. The quantitative estimate of drug-likeness (QED) is 0.679. The standard InChI is InChI=1S/C20H24N4O/c1-12-11-23-18-15(9-10-22-18)16(12)13-5-7-14(8-6-13)24-19(25)17(21)20(2,3)4/h5-11,17H,21H2,1-4H3,(H,22,23)(H,24,25)/t17-/m0/s1. The molecule has 3 rings (SSSR count). The van der Waals surface area contributed by atoms with Gasteiger partial charge in [0.1, 0.15) is 5.65 Å². The molecule has 0 aliphatic rings. The Bertz CT molecular complexity index is 904. The number of hydrogen-bond acceptors (Lipinski definition) is 3. The number of aryl methyl sites for hydroxylation is 1. The highest BCUT2D eigenvalue weighted by atomic mass is 16.2. The normalized spacial score (nSPS) is 13.0. The summed E-state index contributed by atoms with van der Waals surface area (Å²) in [5, 5.41) is 3.98. The fraction of sp³-hybridized carbons (Fsp3) is 0.300. The van der Waals surface area contributed by atoms with E-state index in [0.717, 1.165) is 33.4 Å². The van der Waals surface area contributed by atoms with Crippen LogP contribution in [-0.4, -0.2) is 21.9 Å². The van der Waals surface area contributed by atoms with Crippen molar-refractivity contribution >= 4 is 22.6 Å². The molecule has 130 valence electrons. The number of aromatic amines is 1. The summed E-state index contributed by atoms with van der Waals surface area (Å²) in [6, 6.07) is 9.29. The number of pyridine rings is 1. The van der Waals surface area contributed by atoms with E-state index in [1.165, 1.54) is 0 Å². The zero-order valence-electron chi connectivity index (χ0n) is 15.1. The van der Waals surface area contributed by atoms with Crippen LogP contribution in [0.4, 0.5) is 5.69 Å². The summed E-state index contributed by atoms with van der Waals surface area (Å²) in [7, 11) is 0. The van der Waals surface area contributed by atoms with Crippen LogP contribution in [0, 0.1) is 12.3 Å². The number of carbonyl (C=O) groups is 1. The molecule has 0 bridgehead atoms. The Kier molecular flexibility index (Phi) is 4.35. The molecule has 0 saturated heterocycles. The summed E-state index contributed by atoms with van der Waals surface area (Å²) in [6.45, 7) is 7.91. The van der Waals surface area contributed by atoms with E-state index in [1.807, 2.05) is 70.4 Å². The second kappa shape index (κ2) is 6.33. The summed E-state index contributed by atoms with van der Waals surface area (Å²) < 4.78 is 0. The van der Waals surface area contributed by atoms with E-state index in [-0.39, 0.29) is 11.3 Å². The molecule has 5 heteroatoms. The molecule has 0 aliphatic heterocycles. The SMILES string of the molecule is Cc1cnc2[nH]ccc2c1-c1ccc(NC(=O)[C@H](N)C(C)(C)C)cc1. The minimum Gasteiger partial charge on any atom is -0.346 e. The van der Waals surface area contributed by atoms with Gasteiger partial charge in [0.25, 0.3) is 0 Å². The number of nitrogens with two attached hydrogens (primary N) is 1. The average molecular weight is 336 g/mol. The van der Waals surface area contributed by atoms with Crippen molar-refractivity contribution in [2.24, 2.45) is 11.1 Å². The number of carbonyl (C=O) groups excluding carboxylic acids is 1. The molecule has 1 amide bonds. The van der Waals surface area contributed by atoms with Crippen LogP contribution in [0.1, 0.15) is 26.3 Å². The number of fused-ring (bicyclic) bond motifs is 1. The minimum atomic E-state index is -0.561. The van der Waals surface area contributed by atoms with E-state index in [4.69, 9.17) is 5.73 Å². The van der Waals surface area contributed by atoms with Crippen molar-refractivity contribution in [2.75, 3.05) is 5.32 Å². The average Bonchev–Trinajstić information content (AvgIpc) is 3.02. The molecular weight excluding hydrogens is 312 g/mol. The van der Waals surface area contributed by atoms with Gasteiger partial charge >= 0.3 is 0 Å². The van der Waals surface area contributed by atoms with E-state index >= 15 is 0 Å². The van der Waals surface area contributed by atoms with Crippen molar-refractivity contribution in [2.45, 2.75) is 33.7 Å². The molecule has 2 heterocycles. The first kappa shape index (κ1) is 17.2. The maximum atomic E-state index is 12.3. The number of hydrogen-bond donors (Lipinski definition) is 3. The Labute approximate surface area is 147 Å². The highest BCUT2D eigenvalue weighted by Crippen LogP contribution is 2.31. The molecule has 4 N–H and O–H groups in total. The summed E-state index contributed by atoms with van der Waals surface area (Å²) >= 11 is 0. The van der Waals surface area contributed by atoms with Crippen LogP contribution >= 0.6 is 0 Å². The van der Waals surface area contributed by atoms with E-state index in [1.54, 1.807) is 0 Å². The van der Waals surface area contributed by atoms with E-state index in [0.29, 0.717) is 0 Å². The molecule has 1 atom stereocenters. The van der Waals surface area contributed by atoms with Gasteiger partial charge in [-0.05, 0) is 47.2 Å². The van der Waals surface area contributed by atoms with Crippen molar-refractivity contribution in [3.05, 3.63) is 48.3 Å². The summed E-state index contributed by atoms with van der Waals surface area (Å²) in [5.41, 5.74) is 10.7. The molecule has 0 spiro atoms. The van der Waals surface area contributed by atoms with Gasteiger partial charge in [-0.3, -0.25) is 4.79 Å². The highest BCUT2D eigenvalue weighted by molar-refractivity contribution is 5.97. The van der Waals surface area contributed by atoms with Crippen molar-refractivity contribution in [1.29, 1.82) is 0 Å². The maximum absolute atomic E-state index is 12.3. The number of nitrogens with one attached hydrogen (secondary N) is 2.